The van der Waals surface area contributed by atoms with E-state index >= 15 is 0 Å². The van der Waals surface area contributed by atoms with Crippen LogP contribution in [-0.2, 0) is 6.42 Å². The van der Waals surface area contributed by atoms with Crippen LogP contribution in [0.5, 0.6) is 0 Å². The highest BCUT2D eigenvalue weighted by molar-refractivity contribution is 7.11. The Morgan fingerprint density at radius 1 is 1.25 bits per heavy atom. The molecule has 0 aliphatic heterocycles. The molecule has 1 unspecified atom stereocenters. The molecule has 0 aromatic carbocycles. The van der Waals surface area contributed by atoms with Gasteiger partial charge >= 0.3 is 0 Å². The van der Waals surface area contributed by atoms with E-state index in [1.165, 1.54) is 9.75 Å². The van der Waals surface area contributed by atoms with Gasteiger partial charge in [-0.2, -0.15) is 4.98 Å². The number of hydrogen-bond acceptors (Lipinski definition) is 4. The fraction of sp³-hybridized carbons (Fsp3) is 0.333. The Bertz CT molecular complexity index is 728. The minimum absolute atomic E-state index is 0.311. The van der Waals surface area contributed by atoms with Crippen LogP contribution in [0.2, 0.25) is 0 Å². The van der Waals surface area contributed by atoms with Crippen molar-refractivity contribution in [2.75, 3.05) is 5.32 Å². The lowest BCUT2D eigenvalue weighted by Crippen LogP contribution is -2.18. The van der Waals surface area contributed by atoms with E-state index in [2.05, 4.69) is 41.4 Å². The third-order valence-corrected chi connectivity index (χ3v) is 4.25. The van der Waals surface area contributed by atoms with Crippen LogP contribution < -0.4 is 5.32 Å². The normalized spacial score (nSPS) is 12.8. The highest BCUT2D eigenvalue weighted by atomic mass is 32.1. The Balaban J connectivity index is 1.74. The summed E-state index contributed by atoms with van der Waals surface area (Å²) in [5.41, 5.74) is 1.97. The van der Waals surface area contributed by atoms with Gasteiger partial charge in [0.05, 0.1) is 0 Å². The second-order valence-corrected chi connectivity index (χ2v) is 6.51. The summed E-state index contributed by atoms with van der Waals surface area (Å²) in [5, 5.41) is 7.88. The minimum Gasteiger partial charge on any atom is -0.350 e. The molecule has 3 rings (SSSR count). The summed E-state index contributed by atoms with van der Waals surface area (Å²) in [6.45, 7) is 6.33. The molecule has 20 heavy (non-hydrogen) atoms. The predicted octanol–water partition coefficient (Wildman–Crippen LogP) is 3.45. The summed E-state index contributed by atoms with van der Waals surface area (Å²) in [4.78, 5) is 7.25. The average molecular weight is 286 g/mol. The van der Waals surface area contributed by atoms with E-state index in [0.29, 0.717) is 12.0 Å². The van der Waals surface area contributed by atoms with Gasteiger partial charge in [0.1, 0.15) is 0 Å². The first kappa shape index (κ1) is 13.1. The Labute approximate surface area is 122 Å². The molecule has 0 saturated carbocycles. The van der Waals surface area contributed by atoms with Gasteiger partial charge in [-0.15, -0.1) is 16.4 Å². The molecule has 1 atom stereocenters. The molecular weight excluding hydrogens is 268 g/mol. The van der Waals surface area contributed by atoms with Gasteiger partial charge in [-0.1, -0.05) is 6.07 Å². The molecule has 4 nitrogen and oxygen atoms in total. The first-order valence-electron chi connectivity index (χ1n) is 6.76. The maximum Gasteiger partial charge on any atom is 0.243 e. The molecule has 0 fully saturated rings. The SMILES string of the molecule is Cc1ccc(CC(C)Nc2nc3cccc(C)n3n2)s1. The lowest BCUT2D eigenvalue weighted by molar-refractivity contribution is 0.782. The number of pyridine rings is 1. The second-order valence-electron chi connectivity index (χ2n) is 5.13. The molecule has 0 aliphatic rings. The zero-order valence-corrected chi connectivity index (χ0v) is 12.7. The fourth-order valence-corrected chi connectivity index (χ4v) is 3.28. The van der Waals surface area contributed by atoms with Gasteiger partial charge < -0.3 is 5.32 Å². The fourth-order valence-electron chi connectivity index (χ4n) is 2.26. The number of aryl methyl sites for hydroxylation is 2. The van der Waals surface area contributed by atoms with Gasteiger partial charge in [-0.25, -0.2) is 4.52 Å². The number of nitrogens with one attached hydrogen (secondary N) is 1. The second kappa shape index (κ2) is 5.25. The van der Waals surface area contributed by atoms with Gasteiger partial charge in [-0.3, -0.25) is 0 Å². The Morgan fingerprint density at radius 3 is 2.80 bits per heavy atom. The van der Waals surface area contributed by atoms with E-state index in [0.717, 1.165) is 17.8 Å². The Morgan fingerprint density at radius 2 is 2.10 bits per heavy atom. The molecule has 3 heterocycles. The van der Waals surface area contributed by atoms with E-state index in [1.54, 1.807) is 0 Å². The van der Waals surface area contributed by atoms with Crippen molar-refractivity contribution in [2.24, 2.45) is 0 Å². The van der Waals surface area contributed by atoms with Crippen LogP contribution in [0.1, 0.15) is 22.4 Å². The van der Waals surface area contributed by atoms with Crippen LogP contribution in [0.4, 0.5) is 5.95 Å². The zero-order valence-electron chi connectivity index (χ0n) is 11.9. The minimum atomic E-state index is 0.311. The van der Waals surface area contributed by atoms with E-state index in [9.17, 15) is 0 Å². The zero-order chi connectivity index (χ0) is 14.1. The van der Waals surface area contributed by atoms with Crippen molar-refractivity contribution in [3.05, 3.63) is 45.8 Å². The van der Waals surface area contributed by atoms with E-state index < -0.39 is 0 Å². The van der Waals surface area contributed by atoms with Crippen LogP contribution in [0.3, 0.4) is 0 Å². The molecule has 104 valence electrons. The van der Waals surface area contributed by atoms with Crippen LogP contribution in [0.25, 0.3) is 5.65 Å². The molecule has 0 aliphatic carbocycles. The van der Waals surface area contributed by atoms with Crippen molar-refractivity contribution in [1.29, 1.82) is 0 Å². The maximum absolute atomic E-state index is 4.50. The van der Waals surface area contributed by atoms with Gasteiger partial charge in [0, 0.05) is 27.9 Å². The lowest BCUT2D eigenvalue weighted by atomic mass is 10.2. The van der Waals surface area contributed by atoms with Gasteiger partial charge in [0.2, 0.25) is 5.95 Å². The van der Waals surface area contributed by atoms with Crippen molar-refractivity contribution in [2.45, 2.75) is 33.2 Å². The van der Waals surface area contributed by atoms with E-state index in [-0.39, 0.29) is 0 Å². The van der Waals surface area contributed by atoms with Crippen LogP contribution in [-0.4, -0.2) is 20.6 Å². The van der Waals surface area contributed by atoms with Crippen molar-refractivity contribution in [1.82, 2.24) is 14.6 Å². The van der Waals surface area contributed by atoms with E-state index in [4.69, 9.17) is 0 Å². The first-order valence-corrected chi connectivity index (χ1v) is 7.58. The van der Waals surface area contributed by atoms with Gasteiger partial charge in [0.15, 0.2) is 5.65 Å². The molecule has 0 radical (unpaired) electrons. The molecule has 0 spiro atoms. The van der Waals surface area contributed by atoms with Crippen molar-refractivity contribution >= 4 is 22.9 Å². The van der Waals surface area contributed by atoms with Gasteiger partial charge in [-0.05, 0) is 45.0 Å². The summed E-state index contributed by atoms with van der Waals surface area (Å²) in [5.74, 6) is 0.695. The molecule has 5 heteroatoms. The number of rotatable bonds is 4. The number of fused-ring (bicyclic) bond motifs is 1. The third-order valence-electron chi connectivity index (χ3n) is 3.23. The first-order chi connectivity index (χ1) is 9.61. The number of thiophene rings is 1. The highest BCUT2D eigenvalue weighted by Crippen LogP contribution is 2.18. The third kappa shape index (κ3) is 2.67. The molecule has 3 aromatic heterocycles. The number of aromatic nitrogens is 3. The molecule has 0 saturated heterocycles. The van der Waals surface area contributed by atoms with Crippen LogP contribution >= 0.6 is 11.3 Å². The molecule has 1 N–H and O–H groups in total. The summed E-state index contributed by atoms with van der Waals surface area (Å²) in [7, 11) is 0. The standard InChI is InChI=1S/C15H18N4S/c1-10(9-13-8-7-12(3)20-13)16-15-17-14-6-4-5-11(2)19(14)18-15/h4-8,10H,9H2,1-3H3,(H,16,18). The lowest BCUT2D eigenvalue weighted by Gasteiger charge is -2.10. The quantitative estimate of drug-likeness (QED) is 0.798. The molecule has 0 bridgehead atoms. The number of anilines is 1. The molecule has 0 amide bonds. The van der Waals surface area contributed by atoms with Crippen molar-refractivity contribution < 1.29 is 0 Å². The Hall–Kier alpha value is -1.88. The molecule has 3 aromatic rings. The van der Waals surface area contributed by atoms with Crippen LogP contribution in [0.15, 0.2) is 30.3 Å². The largest absolute Gasteiger partial charge is 0.350 e. The van der Waals surface area contributed by atoms with Gasteiger partial charge in [0.25, 0.3) is 0 Å². The van der Waals surface area contributed by atoms with Crippen molar-refractivity contribution in [3.63, 3.8) is 0 Å². The maximum atomic E-state index is 4.50. The average Bonchev–Trinajstić information content (AvgIpc) is 2.96. The Kier molecular flexibility index (Phi) is 3.44. The summed E-state index contributed by atoms with van der Waals surface area (Å²) >= 11 is 1.85. The topological polar surface area (TPSA) is 42.2 Å². The summed E-state index contributed by atoms with van der Waals surface area (Å²) in [6.07, 6.45) is 0.993. The number of nitrogens with zero attached hydrogens (tertiary/aromatic N) is 3. The van der Waals surface area contributed by atoms with E-state index in [1.807, 2.05) is 41.0 Å². The number of hydrogen-bond donors (Lipinski definition) is 1. The molecular formula is C15H18N4S. The summed E-state index contributed by atoms with van der Waals surface area (Å²) in [6, 6.07) is 10.7. The smallest absolute Gasteiger partial charge is 0.243 e. The summed E-state index contributed by atoms with van der Waals surface area (Å²) < 4.78 is 1.87. The monoisotopic (exact) mass is 286 g/mol. The predicted molar refractivity (Wildman–Crippen MR) is 83.6 cm³/mol. The highest BCUT2D eigenvalue weighted by Gasteiger charge is 2.09. The van der Waals surface area contributed by atoms with Crippen LogP contribution in [0, 0.1) is 13.8 Å². The van der Waals surface area contributed by atoms with Crippen molar-refractivity contribution in [3.8, 4) is 0 Å².